The Morgan fingerprint density at radius 2 is 0.826 bits per heavy atom. The molecule has 2 aliphatic heterocycles. The predicted molar refractivity (Wildman–Crippen MR) is 175 cm³/mol. The molecule has 0 spiro atoms. The van der Waals surface area contributed by atoms with Crippen LogP contribution < -0.4 is 10.2 Å². The minimum absolute atomic E-state index is 0. The second kappa shape index (κ2) is 25.7. The molecule has 2 saturated heterocycles. The quantitative estimate of drug-likeness (QED) is 0.195. The molecule has 2 fully saturated rings. The van der Waals surface area contributed by atoms with Crippen LogP contribution in [-0.4, -0.2) is 168 Å². The number of β-amino-alcohol motifs (C(OH)–C–C–N with tert-alkyl or cyclic N) is 1. The second-order valence-electron chi connectivity index (χ2n) is 13.1. The number of benzene rings is 1. The van der Waals surface area contributed by atoms with Gasteiger partial charge in [-0.2, -0.15) is 5.92 Å². The summed E-state index contributed by atoms with van der Waals surface area (Å²) in [6.45, 7) is 27.7. The zero-order chi connectivity index (χ0) is 30.5. The van der Waals surface area contributed by atoms with Crippen LogP contribution in [0, 0.1) is 12.8 Å². The number of nitrogens with zero attached hydrogens (tertiary/aromatic N) is 6. The minimum Gasteiger partial charge on any atom is -0.851 e. The molecule has 0 bridgehead atoms. The van der Waals surface area contributed by atoms with E-state index in [2.05, 4.69) is 67.5 Å². The van der Waals surface area contributed by atoms with Crippen molar-refractivity contribution in [1.82, 2.24) is 29.4 Å². The van der Waals surface area contributed by atoms with Crippen LogP contribution in [-0.2, 0) is 47.2 Å². The van der Waals surface area contributed by atoms with Gasteiger partial charge in [0.2, 0.25) is 0 Å². The molecule has 2 heterocycles. The predicted octanol–water partition coefficient (Wildman–Crippen LogP) is -1.78. The van der Waals surface area contributed by atoms with Crippen molar-refractivity contribution < 1.29 is 60.4 Å². The first kappa shape index (κ1) is 47.9. The van der Waals surface area contributed by atoms with Crippen LogP contribution in [0.5, 0.6) is 0 Å². The van der Waals surface area contributed by atoms with Crippen LogP contribution >= 0.6 is 0 Å². The monoisotopic (exact) mass is 735 g/mol. The van der Waals surface area contributed by atoms with Gasteiger partial charge in [0.1, 0.15) is 0 Å². The van der Waals surface area contributed by atoms with Crippen molar-refractivity contribution in [2.75, 3.05) is 105 Å². The second-order valence-corrected chi connectivity index (χ2v) is 13.1. The number of aliphatic hydroxyl groups is 1. The molecule has 2 aliphatic rings. The van der Waals surface area contributed by atoms with Crippen LogP contribution in [0.25, 0.3) is 0 Å². The van der Waals surface area contributed by atoms with Gasteiger partial charge in [0.25, 0.3) is 0 Å². The van der Waals surface area contributed by atoms with E-state index in [0.717, 1.165) is 98.2 Å². The largest absolute Gasteiger partial charge is 6.00 e. The molecular formula is C33H63Fe2N6O5+6. The normalized spacial score (nSPS) is 21.6. The van der Waals surface area contributed by atoms with Gasteiger partial charge in [0, 0.05) is 98.2 Å². The Hall–Kier alpha value is -0.181. The summed E-state index contributed by atoms with van der Waals surface area (Å²) in [6.07, 6.45) is -1.53. The van der Waals surface area contributed by atoms with Gasteiger partial charge in [-0.05, 0) is 37.7 Å². The average molecular weight is 736 g/mol. The van der Waals surface area contributed by atoms with E-state index < -0.39 is 12.2 Å². The molecule has 0 unspecified atom stereocenters. The molecule has 3 rings (SSSR count). The maximum Gasteiger partial charge on any atom is 6.00 e. The van der Waals surface area contributed by atoms with Crippen molar-refractivity contribution in [3.8, 4) is 0 Å². The molecule has 265 valence electrons. The van der Waals surface area contributed by atoms with Crippen molar-refractivity contribution in [1.29, 1.82) is 0 Å². The number of hydrogen-bond donors (Lipinski definition) is 1. The zero-order valence-electron chi connectivity index (χ0n) is 28.7. The number of aliphatic hydroxyl groups excluding tert-OH is 1. The third-order valence-corrected chi connectivity index (χ3v) is 8.35. The van der Waals surface area contributed by atoms with Gasteiger partial charge >= 0.3 is 34.1 Å². The summed E-state index contributed by atoms with van der Waals surface area (Å²) in [4.78, 5) is 14.5. The number of rotatable bonds is 12. The van der Waals surface area contributed by atoms with E-state index in [1.165, 1.54) is 11.1 Å². The maximum atomic E-state index is 11.9. The van der Waals surface area contributed by atoms with Crippen LogP contribution in [0.2, 0.25) is 0 Å². The molecule has 0 saturated carbocycles. The van der Waals surface area contributed by atoms with Gasteiger partial charge in [0.15, 0.2) is 0 Å². The van der Waals surface area contributed by atoms with Gasteiger partial charge in [-0.1, -0.05) is 45.0 Å². The van der Waals surface area contributed by atoms with E-state index in [0.29, 0.717) is 25.6 Å². The fourth-order valence-electron chi connectivity index (χ4n) is 6.22. The molecule has 1 radical (unpaired) electrons. The third kappa shape index (κ3) is 19.7. The van der Waals surface area contributed by atoms with Crippen molar-refractivity contribution in [2.24, 2.45) is 5.92 Å². The fraction of sp³-hybridized carbons (Fsp3) is 0.788. The Bertz CT molecular complexity index is 758. The average Bonchev–Trinajstić information content (AvgIpc) is 3.05. The Morgan fingerprint density at radius 3 is 1.09 bits per heavy atom. The maximum absolute atomic E-state index is 11.9. The summed E-state index contributed by atoms with van der Waals surface area (Å²) in [5.74, 6) is 0.395. The molecule has 11 nitrogen and oxygen atoms in total. The standard InChI is InChI=1S/C33H59N6O3.2Fe.2H2O/c1-28(2)22-34-10-12-35(23-29(3)40)15-19-38(18-11-34)26-32-6-8-33(9-7-32)27-39-20-16-36(24-30(4)41)13-14-37(17-21-39)25-31(5)42;;;;/h6-9,28-31,40H,1,10-27H2,2-5H3;;;2*1H2/q-3;+3;+6;;/t28-,29-,30-,31-;;;;/m0..../s1. The van der Waals surface area contributed by atoms with E-state index in [-0.39, 0.29) is 51.2 Å². The van der Waals surface area contributed by atoms with Crippen molar-refractivity contribution in [3.05, 3.63) is 42.3 Å². The van der Waals surface area contributed by atoms with Crippen LogP contribution in [0.1, 0.15) is 38.8 Å². The summed E-state index contributed by atoms with van der Waals surface area (Å²) in [7, 11) is 0. The first-order chi connectivity index (χ1) is 20.0. The van der Waals surface area contributed by atoms with Crippen LogP contribution in [0.15, 0.2) is 24.3 Å². The van der Waals surface area contributed by atoms with E-state index >= 15 is 0 Å². The number of hydrogen-bond acceptors (Lipinski definition) is 9. The molecule has 0 amide bonds. The summed E-state index contributed by atoms with van der Waals surface area (Å²) >= 11 is 0. The Morgan fingerprint density at radius 1 is 0.565 bits per heavy atom. The molecule has 5 N–H and O–H groups in total. The summed E-state index contributed by atoms with van der Waals surface area (Å²) < 4.78 is 0. The molecule has 0 aromatic heterocycles. The molecular weight excluding hydrogens is 672 g/mol. The molecule has 13 heteroatoms. The third-order valence-electron chi connectivity index (χ3n) is 8.35. The summed E-state index contributed by atoms with van der Waals surface area (Å²) in [5.41, 5.74) is 2.63. The van der Waals surface area contributed by atoms with E-state index in [1.54, 1.807) is 13.8 Å². The van der Waals surface area contributed by atoms with Gasteiger partial charge in [-0.3, -0.25) is 14.7 Å². The fourth-order valence-corrected chi connectivity index (χ4v) is 6.22. The summed E-state index contributed by atoms with van der Waals surface area (Å²) in [6, 6.07) is 9.09. The topological polar surface area (TPSA) is 149 Å². The molecule has 1 aromatic rings. The van der Waals surface area contributed by atoms with Crippen molar-refractivity contribution in [3.63, 3.8) is 0 Å². The molecule has 4 atom stereocenters. The van der Waals surface area contributed by atoms with Gasteiger partial charge < -0.3 is 47.9 Å². The molecule has 1 aromatic carbocycles. The van der Waals surface area contributed by atoms with Crippen LogP contribution in [0.3, 0.4) is 0 Å². The van der Waals surface area contributed by atoms with Gasteiger partial charge in [-0.25, -0.2) is 0 Å². The van der Waals surface area contributed by atoms with E-state index in [9.17, 15) is 15.3 Å². The molecule has 46 heavy (non-hydrogen) atoms. The first-order valence-electron chi connectivity index (χ1n) is 16.3. The minimum atomic E-state index is -0.604. The zero-order valence-corrected chi connectivity index (χ0v) is 30.9. The Kier molecular flexibility index (Phi) is 26.8. The summed E-state index contributed by atoms with van der Waals surface area (Å²) in [5, 5.41) is 33.9. The van der Waals surface area contributed by atoms with Gasteiger partial charge in [-0.15, -0.1) is 12.2 Å². The molecule has 0 aliphatic carbocycles. The smallest absolute Gasteiger partial charge is 0.851 e. The van der Waals surface area contributed by atoms with Crippen LogP contribution in [0.4, 0.5) is 0 Å². The Labute approximate surface area is 300 Å². The van der Waals surface area contributed by atoms with Crippen molar-refractivity contribution in [2.45, 2.75) is 59.1 Å². The first-order valence-corrected chi connectivity index (χ1v) is 16.3. The Balaban J connectivity index is 0. The van der Waals surface area contributed by atoms with Gasteiger partial charge in [0.05, 0.1) is 6.10 Å². The SMILES string of the molecule is O.O.[CH2-][C@@H](C)CN1CCN(Cc2ccc(CN3CCN(C[C@H](C)[O-])CCN(C[C@H](C)[O-])CC3)cc2)CCN(C[C@H](C)O)CC1.[Fe+3].[Fe+6]. The van der Waals surface area contributed by atoms with E-state index in [4.69, 9.17) is 0 Å². The van der Waals surface area contributed by atoms with Crippen molar-refractivity contribution >= 4 is 0 Å². The van der Waals surface area contributed by atoms with E-state index in [1.807, 2.05) is 6.92 Å².